The largest absolute Gasteiger partial charge is 0.469 e. The normalized spacial score (nSPS) is 11.7. The monoisotopic (exact) mass is 253 g/mol. The van der Waals surface area contributed by atoms with E-state index in [0.717, 1.165) is 0 Å². The fraction of sp³-hybridized carbons (Fsp3) is 0.364. The Hall–Kier alpha value is -2.31. The average molecular weight is 253 g/mol. The van der Waals surface area contributed by atoms with Crippen molar-refractivity contribution in [2.45, 2.75) is 19.4 Å². The van der Waals surface area contributed by atoms with Crippen LogP contribution in [0.3, 0.4) is 0 Å². The summed E-state index contributed by atoms with van der Waals surface area (Å²) in [5, 5.41) is 13.8. The maximum absolute atomic E-state index is 11.1. The summed E-state index contributed by atoms with van der Waals surface area (Å²) in [5.41, 5.74) is 5.73. The number of nitrogens with two attached hydrogens (primary N) is 1. The van der Waals surface area contributed by atoms with Crippen LogP contribution in [0.2, 0.25) is 0 Å². The number of carbonyl (C=O) groups excluding carboxylic acids is 1. The number of esters is 1. The molecule has 0 aliphatic heterocycles. The number of ether oxygens (including phenoxy) is 1. The van der Waals surface area contributed by atoms with Crippen molar-refractivity contribution in [3.8, 4) is 0 Å². The molecular weight excluding hydrogens is 238 g/mol. The van der Waals surface area contributed by atoms with Gasteiger partial charge in [0.2, 0.25) is 0 Å². The van der Waals surface area contributed by atoms with Gasteiger partial charge >= 0.3 is 11.7 Å². The van der Waals surface area contributed by atoms with Gasteiger partial charge in [-0.2, -0.15) is 0 Å². The van der Waals surface area contributed by atoms with Gasteiger partial charge in [0, 0.05) is 6.04 Å². The highest BCUT2D eigenvalue weighted by molar-refractivity contribution is 5.75. The Morgan fingerprint density at radius 1 is 1.61 bits per heavy atom. The molecule has 0 aliphatic rings. The Kier molecular flexibility index (Phi) is 4.47. The summed E-state index contributed by atoms with van der Waals surface area (Å²) >= 11 is 0. The molecule has 0 aromatic heterocycles. The van der Waals surface area contributed by atoms with Crippen LogP contribution in [0.1, 0.15) is 13.3 Å². The second-order valence-corrected chi connectivity index (χ2v) is 3.83. The van der Waals surface area contributed by atoms with E-state index < -0.39 is 4.92 Å². The molecule has 3 N–H and O–H groups in total. The molecule has 0 bridgehead atoms. The first-order valence-electron chi connectivity index (χ1n) is 5.32. The van der Waals surface area contributed by atoms with Gasteiger partial charge in [0.25, 0.3) is 0 Å². The molecule has 0 saturated heterocycles. The molecule has 18 heavy (non-hydrogen) atoms. The number of anilines is 2. The van der Waals surface area contributed by atoms with E-state index in [1.807, 2.05) is 0 Å². The number of nitrogens with one attached hydrogen (secondary N) is 1. The van der Waals surface area contributed by atoms with Gasteiger partial charge in [0.15, 0.2) is 0 Å². The second-order valence-electron chi connectivity index (χ2n) is 3.83. The predicted octanol–water partition coefficient (Wildman–Crippen LogP) is 1.54. The Balaban J connectivity index is 2.87. The van der Waals surface area contributed by atoms with Crippen molar-refractivity contribution in [2.24, 2.45) is 0 Å². The molecule has 0 aliphatic carbocycles. The third-order valence-electron chi connectivity index (χ3n) is 2.35. The van der Waals surface area contributed by atoms with Crippen molar-refractivity contribution in [3.05, 3.63) is 28.3 Å². The molecule has 0 fully saturated rings. The molecular formula is C11H15N3O4. The number of para-hydroxylation sites is 1. The molecule has 98 valence electrons. The van der Waals surface area contributed by atoms with Crippen molar-refractivity contribution in [1.29, 1.82) is 0 Å². The maximum Gasteiger partial charge on any atom is 0.314 e. The van der Waals surface area contributed by atoms with Crippen molar-refractivity contribution >= 4 is 23.0 Å². The van der Waals surface area contributed by atoms with Crippen molar-refractivity contribution in [1.82, 2.24) is 0 Å². The lowest BCUT2D eigenvalue weighted by atomic mass is 10.2. The minimum atomic E-state index is -0.553. The van der Waals surface area contributed by atoms with Crippen LogP contribution in [0.4, 0.5) is 17.1 Å². The number of nitro benzene ring substituents is 1. The lowest BCUT2D eigenvalue weighted by Gasteiger charge is -2.14. The molecule has 1 aromatic rings. The Morgan fingerprint density at radius 2 is 2.28 bits per heavy atom. The molecule has 0 radical (unpaired) electrons. The first-order chi connectivity index (χ1) is 8.45. The number of nitrogens with zero attached hydrogens (tertiary/aromatic N) is 1. The van der Waals surface area contributed by atoms with Crippen LogP contribution in [0.15, 0.2) is 18.2 Å². The number of nitro groups is 1. The van der Waals surface area contributed by atoms with Crippen LogP contribution in [0.25, 0.3) is 0 Å². The Bertz CT molecular complexity index is 462. The zero-order valence-electron chi connectivity index (χ0n) is 10.2. The molecule has 0 saturated carbocycles. The van der Waals surface area contributed by atoms with Crippen LogP contribution in [0, 0.1) is 10.1 Å². The lowest BCUT2D eigenvalue weighted by Crippen LogP contribution is -2.21. The summed E-state index contributed by atoms with van der Waals surface area (Å²) in [6.07, 6.45) is 0.114. The zero-order chi connectivity index (χ0) is 13.7. The molecule has 1 rings (SSSR count). The van der Waals surface area contributed by atoms with Gasteiger partial charge in [-0.1, -0.05) is 6.07 Å². The molecule has 0 amide bonds. The Morgan fingerprint density at radius 3 is 2.83 bits per heavy atom. The highest BCUT2D eigenvalue weighted by Gasteiger charge is 2.19. The van der Waals surface area contributed by atoms with Gasteiger partial charge in [-0.05, 0) is 19.1 Å². The number of rotatable bonds is 5. The number of benzene rings is 1. The van der Waals surface area contributed by atoms with Crippen LogP contribution in [-0.4, -0.2) is 24.0 Å². The summed E-state index contributed by atoms with van der Waals surface area (Å²) in [5.74, 6) is -0.387. The van der Waals surface area contributed by atoms with Gasteiger partial charge in [0.05, 0.1) is 18.5 Å². The topological polar surface area (TPSA) is 107 Å². The van der Waals surface area contributed by atoms with Gasteiger partial charge in [-0.3, -0.25) is 14.9 Å². The summed E-state index contributed by atoms with van der Waals surface area (Å²) in [6, 6.07) is 4.31. The Labute approximate surface area is 104 Å². The minimum Gasteiger partial charge on any atom is -0.469 e. The van der Waals surface area contributed by atoms with Crippen LogP contribution in [-0.2, 0) is 9.53 Å². The van der Waals surface area contributed by atoms with E-state index in [-0.39, 0.29) is 35.5 Å². The molecule has 7 nitrogen and oxygen atoms in total. The molecule has 0 spiro atoms. The third kappa shape index (κ3) is 3.34. The fourth-order valence-corrected chi connectivity index (χ4v) is 1.53. The summed E-state index contributed by atoms with van der Waals surface area (Å²) in [4.78, 5) is 21.4. The standard InChI is InChI=1S/C11H15N3O4/c1-7(6-10(15)18-2)13-9-5-3-4-8(12)11(9)14(16)17/h3-5,7,13H,6,12H2,1-2H3. The quantitative estimate of drug-likeness (QED) is 0.356. The molecule has 7 heteroatoms. The molecule has 0 heterocycles. The van der Waals surface area contributed by atoms with Gasteiger partial charge in [0.1, 0.15) is 11.4 Å². The predicted molar refractivity (Wildman–Crippen MR) is 67.2 cm³/mol. The number of hydrogen-bond acceptors (Lipinski definition) is 6. The number of carbonyl (C=O) groups is 1. The maximum atomic E-state index is 11.1. The van der Waals surface area contributed by atoms with E-state index in [4.69, 9.17) is 5.73 Å². The summed E-state index contributed by atoms with van der Waals surface area (Å²) in [7, 11) is 1.29. The van der Waals surface area contributed by atoms with Crippen LogP contribution in [0.5, 0.6) is 0 Å². The number of hydrogen-bond donors (Lipinski definition) is 2. The van der Waals surface area contributed by atoms with Crippen molar-refractivity contribution in [3.63, 3.8) is 0 Å². The SMILES string of the molecule is COC(=O)CC(C)Nc1cccc(N)c1[N+](=O)[O-]. The third-order valence-corrected chi connectivity index (χ3v) is 2.35. The van der Waals surface area contributed by atoms with E-state index in [9.17, 15) is 14.9 Å². The molecule has 1 atom stereocenters. The fourth-order valence-electron chi connectivity index (χ4n) is 1.53. The van der Waals surface area contributed by atoms with E-state index >= 15 is 0 Å². The highest BCUT2D eigenvalue weighted by atomic mass is 16.6. The van der Waals surface area contributed by atoms with Gasteiger partial charge in [-0.25, -0.2) is 0 Å². The van der Waals surface area contributed by atoms with Gasteiger partial charge in [-0.15, -0.1) is 0 Å². The van der Waals surface area contributed by atoms with E-state index in [0.29, 0.717) is 0 Å². The zero-order valence-corrected chi connectivity index (χ0v) is 10.2. The van der Waals surface area contributed by atoms with Crippen molar-refractivity contribution < 1.29 is 14.5 Å². The lowest BCUT2D eigenvalue weighted by molar-refractivity contribution is -0.383. The van der Waals surface area contributed by atoms with Gasteiger partial charge < -0.3 is 15.8 Å². The number of methoxy groups -OCH3 is 1. The number of nitrogen functional groups attached to an aromatic ring is 1. The summed E-state index contributed by atoms with van der Waals surface area (Å²) < 4.78 is 4.52. The average Bonchev–Trinajstić information content (AvgIpc) is 2.28. The second kappa shape index (κ2) is 5.85. The minimum absolute atomic E-state index is 0.0790. The van der Waals surface area contributed by atoms with Crippen LogP contribution >= 0.6 is 0 Å². The molecule has 1 aromatic carbocycles. The van der Waals surface area contributed by atoms with Crippen LogP contribution < -0.4 is 11.1 Å². The van der Waals surface area contributed by atoms with E-state index in [1.165, 1.54) is 13.2 Å². The summed E-state index contributed by atoms with van der Waals surface area (Å²) in [6.45, 7) is 1.73. The first kappa shape index (κ1) is 13.8. The van der Waals surface area contributed by atoms with E-state index in [2.05, 4.69) is 10.1 Å². The van der Waals surface area contributed by atoms with E-state index in [1.54, 1.807) is 19.1 Å². The van der Waals surface area contributed by atoms with Crippen molar-refractivity contribution in [2.75, 3.05) is 18.2 Å². The first-order valence-corrected chi connectivity index (χ1v) is 5.32. The smallest absolute Gasteiger partial charge is 0.314 e. The molecule has 1 unspecified atom stereocenters. The highest BCUT2D eigenvalue weighted by Crippen LogP contribution is 2.31.